The van der Waals surface area contributed by atoms with Crippen LogP contribution in [0.25, 0.3) is 0 Å². The molecule has 0 aliphatic heterocycles. The van der Waals surface area contributed by atoms with Gasteiger partial charge < -0.3 is 19.3 Å². The summed E-state index contributed by atoms with van der Waals surface area (Å²) in [7, 11) is 1.79. The molecule has 0 aromatic rings. The monoisotopic (exact) mass is 446 g/mol. The first kappa shape index (κ1) is 22.9. The van der Waals surface area contributed by atoms with Crippen LogP contribution < -0.4 is 0 Å². The summed E-state index contributed by atoms with van der Waals surface area (Å²) in [5.41, 5.74) is 1.45. The van der Waals surface area contributed by atoms with E-state index in [2.05, 4.69) is 13.0 Å². The van der Waals surface area contributed by atoms with Gasteiger partial charge in [0.1, 0.15) is 6.10 Å². The van der Waals surface area contributed by atoms with Crippen molar-refractivity contribution >= 4 is 5.97 Å². The van der Waals surface area contributed by atoms with E-state index >= 15 is 0 Å². The highest BCUT2D eigenvalue weighted by Gasteiger charge is 2.60. The fourth-order valence-corrected chi connectivity index (χ4v) is 8.75. The molecule has 4 fully saturated rings. The van der Waals surface area contributed by atoms with E-state index < -0.39 is 0 Å². The molecule has 32 heavy (non-hydrogen) atoms. The molecule has 5 nitrogen and oxygen atoms in total. The van der Waals surface area contributed by atoms with Crippen LogP contribution in [0, 0.1) is 28.6 Å². The number of methoxy groups -OCH3 is 1. The van der Waals surface area contributed by atoms with Gasteiger partial charge in [0, 0.05) is 37.7 Å². The first-order valence-electron chi connectivity index (χ1n) is 13.1. The summed E-state index contributed by atoms with van der Waals surface area (Å²) < 4.78 is 18.2. The van der Waals surface area contributed by atoms with E-state index in [1.165, 1.54) is 18.4 Å². The fraction of sp³-hybridized carbons (Fsp3) is 0.889. The van der Waals surface area contributed by atoms with Gasteiger partial charge in [0.25, 0.3) is 0 Å². The largest absolute Gasteiger partial charge is 0.462 e. The SMILES string of the molecule is COC1(O[C@H]2CC[C@@]3(CO)C(=CC[C@@H]4[C@@H]3CC[C@]3(C)[C@@H](OC(C)=O)CC[C@@H]43)C2)CCCC1. The summed E-state index contributed by atoms with van der Waals surface area (Å²) in [5.74, 6) is 1.17. The van der Waals surface area contributed by atoms with Gasteiger partial charge in [0.2, 0.25) is 0 Å². The number of hydrogen-bond donors (Lipinski definition) is 1. The van der Waals surface area contributed by atoms with Crippen LogP contribution in [0.5, 0.6) is 0 Å². The van der Waals surface area contributed by atoms with Gasteiger partial charge in [-0.3, -0.25) is 4.79 Å². The minimum absolute atomic E-state index is 0.0576. The van der Waals surface area contributed by atoms with Crippen molar-refractivity contribution < 1.29 is 24.1 Å². The van der Waals surface area contributed by atoms with Gasteiger partial charge >= 0.3 is 5.97 Å². The number of fused-ring (bicyclic) bond motifs is 5. The zero-order valence-corrected chi connectivity index (χ0v) is 20.2. The second-order valence-corrected chi connectivity index (χ2v) is 11.7. The van der Waals surface area contributed by atoms with Gasteiger partial charge in [-0.2, -0.15) is 0 Å². The van der Waals surface area contributed by atoms with Gasteiger partial charge in [-0.1, -0.05) is 18.6 Å². The van der Waals surface area contributed by atoms with E-state index in [1.54, 1.807) is 14.0 Å². The summed E-state index contributed by atoms with van der Waals surface area (Å²) in [6, 6.07) is 0. The number of hydrogen-bond acceptors (Lipinski definition) is 5. The fourth-order valence-electron chi connectivity index (χ4n) is 8.75. The minimum Gasteiger partial charge on any atom is -0.462 e. The molecule has 0 spiro atoms. The Morgan fingerprint density at radius 1 is 1.09 bits per heavy atom. The lowest BCUT2D eigenvalue weighted by Crippen LogP contribution is -2.54. The van der Waals surface area contributed by atoms with E-state index in [4.69, 9.17) is 14.2 Å². The highest BCUT2D eigenvalue weighted by molar-refractivity contribution is 5.66. The van der Waals surface area contributed by atoms with Crippen molar-refractivity contribution in [3.8, 4) is 0 Å². The molecule has 5 aliphatic carbocycles. The zero-order chi connectivity index (χ0) is 22.6. The number of aliphatic hydroxyl groups is 1. The van der Waals surface area contributed by atoms with Crippen LogP contribution in [0.4, 0.5) is 0 Å². The highest BCUT2D eigenvalue weighted by Crippen LogP contribution is 2.65. The van der Waals surface area contributed by atoms with Gasteiger partial charge in [0.15, 0.2) is 5.79 Å². The number of aliphatic hydroxyl groups excluding tert-OH is 1. The molecule has 0 saturated heterocycles. The van der Waals surface area contributed by atoms with Crippen molar-refractivity contribution in [1.29, 1.82) is 0 Å². The Balaban J connectivity index is 1.35. The predicted molar refractivity (Wildman–Crippen MR) is 122 cm³/mol. The van der Waals surface area contributed by atoms with E-state index in [0.29, 0.717) is 17.8 Å². The Bertz CT molecular complexity index is 755. The molecule has 0 heterocycles. The molecule has 0 aromatic carbocycles. The number of ether oxygens (including phenoxy) is 3. The van der Waals surface area contributed by atoms with Crippen LogP contribution in [0.1, 0.15) is 90.9 Å². The van der Waals surface area contributed by atoms with Crippen LogP contribution in [-0.4, -0.2) is 42.8 Å². The van der Waals surface area contributed by atoms with Gasteiger partial charge in [0.05, 0.1) is 12.7 Å². The first-order chi connectivity index (χ1) is 15.4. The lowest BCUT2D eigenvalue weighted by atomic mass is 9.47. The molecule has 5 aliphatic rings. The van der Waals surface area contributed by atoms with E-state index in [9.17, 15) is 9.90 Å². The molecule has 4 saturated carbocycles. The van der Waals surface area contributed by atoms with Crippen molar-refractivity contribution in [2.75, 3.05) is 13.7 Å². The van der Waals surface area contributed by atoms with Crippen molar-refractivity contribution in [1.82, 2.24) is 0 Å². The van der Waals surface area contributed by atoms with Crippen molar-refractivity contribution in [3.05, 3.63) is 11.6 Å². The van der Waals surface area contributed by atoms with Crippen LogP contribution in [0.2, 0.25) is 0 Å². The maximum atomic E-state index is 11.7. The normalized spacial score (nSPS) is 44.9. The average molecular weight is 447 g/mol. The van der Waals surface area contributed by atoms with Crippen molar-refractivity contribution in [2.24, 2.45) is 28.6 Å². The maximum absolute atomic E-state index is 11.7. The molecule has 1 N–H and O–H groups in total. The predicted octanol–water partition coefficient (Wildman–Crippen LogP) is 5.16. The summed E-state index contributed by atoms with van der Waals surface area (Å²) in [4.78, 5) is 11.7. The molecule has 5 rings (SSSR count). The van der Waals surface area contributed by atoms with Gasteiger partial charge in [-0.05, 0) is 82.0 Å². The summed E-state index contributed by atoms with van der Waals surface area (Å²) in [5, 5.41) is 10.8. The topological polar surface area (TPSA) is 65.0 Å². The molecule has 5 heteroatoms. The Labute approximate surface area is 193 Å². The Morgan fingerprint density at radius 3 is 2.56 bits per heavy atom. The molecule has 7 atom stereocenters. The van der Waals surface area contributed by atoms with Crippen molar-refractivity contribution in [3.63, 3.8) is 0 Å². The minimum atomic E-state index is -0.385. The molecule has 0 radical (unpaired) electrons. The number of carbonyl (C=O) groups excluding carboxylic acids is 1. The van der Waals surface area contributed by atoms with Gasteiger partial charge in [-0.15, -0.1) is 0 Å². The van der Waals surface area contributed by atoms with Crippen LogP contribution in [0.15, 0.2) is 11.6 Å². The zero-order valence-electron chi connectivity index (χ0n) is 20.2. The standard InChI is InChI=1S/C27H42O5/c1-18(29)31-24-9-8-22-21-7-6-19-16-20(32-27(30-3)12-4-5-13-27)10-15-26(19,17-28)23(21)11-14-25(22,24)2/h6,20-24,28H,4-5,7-17H2,1-3H3/t20-,21-,22-,23-,24-,25-,26+/m0/s1. The van der Waals surface area contributed by atoms with Crippen LogP contribution in [0.3, 0.4) is 0 Å². The third kappa shape index (κ3) is 3.49. The molecule has 0 bridgehead atoms. The number of allylic oxidation sites excluding steroid dienone is 1. The molecular weight excluding hydrogens is 404 g/mol. The highest BCUT2D eigenvalue weighted by atomic mass is 16.7. The van der Waals surface area contributed by atoms with Crippen LogP contribution >= 0.6 is 0 Å². The summed E-state index contributed by atoms with van der Waals surface area (Å²) >= 11 is 0. The molecule has 0 aromatic heterocycles. The van der Waals surface area contributed by atoms with E-state index in [0.717, 1.165) is 64.2 Å². The Hall–Kier alpha value is -0.910. The summed E-state index contributed by atoms with van der Waals surface area (Å²) in [6.45, 7) is 4.15. The lowest BCUT2D eigenvalue weighted by Gasteiger charge is -2.58. The number of rotatable bonds is 5. The smallest absolute Gasteiger partial charge is 0.302 e. The molecular formula is C27H42O5. The quantitative estimate of drug-likeness (QED) is 0.359. The number of esters is 1. The Kier molecular flexibility index (Phi) is 5.99. The number of carbonyl (C=O) groups is 1. The molecule has 180 valence electrons. The molecule has 0 unspecified atom stereocenters. The molecule has 0 amide bonds. The first-order valence-corrected chi connectivity index (χ1v) is 13.1. The second-order valence-electron chi connectivity index (χ2n) is 11.7. The van der Waals surface area contributed by atoms with Crippen molar-refractivity contribution in [2.45, 2.75) is 109 Å². The Morgan fingerprint density at radius 2 is 1.88 bits per heavy atom. The maximum Gasteiger partial charge on any atom is 0.302 e. The van der Waals surface area contributed by atoms with Crippen LogP contribution in [-0.2, 0) is 19.0 Å². The lowest BCUT2D eigenvalue weighted by molar-refractivity contribution is -0.247. The van der Waals surface area contributed by atoms with E-state index in [-0.39, 0.29) is 41.4 Å². The second kappa shape index (κ2) is 8.39. The van der Waals surface area contributed by atoms with Gasteiger partial charge in [-0.25, -0.2) is 0 Å². The third-order valence-corrected chi connectivity index (χ3v) is 10.4. The van der Waals surface area contributed by atoms with E-state index in [1.807, 2.05) is 0 Å². The third-order valence-electron chi connectivity index (χ3n) is 10.4. The summed E-state index contributed by atoms with van der Waals surface area (Å²) in [6.07, 6.45) is 15.5. The average Bonchev–Trinajstić information content (AvgIpc) is 3.38.